The summed E-state index contributed by atoms with van der Waals surface area (Å²) in [6, 6.07) is 0. The van der Waals surface area contributed by atoms with E-state index in [-0.39, 0.29) is 0 Å². The molecule has 118 valence electrons. The number of aliphatic hydroxyl groups excluding tert-OH is 1. The van der Waals surface area contributed by atoms with Crippen molar-refractivity contribution in [2.45, 2.75) is 64.2 Å². The van der Waals surface area contributed by atoms with Crippen LogP contribution in [0.1, 0.15) is 64.2 Å². The van der Waals surface area contributed by atoms with E-state index in [2.05, 4.69) is 6.58 Å². The Morgan fingerprint density at radius 2 is 1.15 bits per heavy atom. The number of unbranched alkanes of at least 4 members (excludes halogenated alkanes) is 8. The van der Waals surface area contributed by atoms with Gasteiger partial charge >= 0.3 is 11.9 Å². The zero-order chi connectivity index (χ0) is 15.6. The van der Waals surface area contributed by atoms with Crippen LogP contribution < -0.4 is 0 Å². The van der Waals surface area contributed by atoms with Crippen molar-refractivity contribution in [3.63, 3.8) is 0 Å². The van der Waals surface area contributed by atoms with Crippen LogP contribution in [0.4, 0.5) is 0 Å². The molecule has 0 atom stereocenters. The van der Waals surface area contributed by atoms with Gasteiger partial charge in [0.1, 0.15) is 0 Å². The Hall–Kier alpha value is -1.36. The zero-order valence-electron chi connectivity index (χ0n) is 12.2. The Kier molecular flexibility index (Phi) is 18.5. The van der Waals surface area contributed by atoms with Crippen molar-refractivity contribution >= 4 is 11.9 Å². The lowest BCUT2D eigenvalue weighted by atomic mass is 10.1. The summed E-state index contributed by atoms with van der Waals surface area (Å²) in [6.07, 6.45) is 11.2. The van der Waals surface area contributed by atoms with Gasteiger partial charge in [0.05, 0.1) is 0 Å². The highest BCUT2D eigenvalue weighted by atomic mass is 16.4. The third-order valence-corrected chi connectivity index (χ3v) is 2.72. The third kappa shape index (κ3) is 25.5. The molecule has 20 heavy (non-hydrogen) atoms. The van der Waals surface area contributed by atoms with Gasteiger partial charge in [-0.3, -0.25) is 4.79 Å². The van der Waals surface area contributed by atoms with E-state index in [9.17, 15) is 9.59 Å². The van der Waals surface area contributed by atoms with Crippen LogP contribution in [0.5, 0.6) is 0 Å². The van der Waals surface area contributed by atoms with E-state index in [1.807, 2.05) is 0 Å². The standard InChI is InChI=1S/C12H24O3.C3H4O2/c13-11-9-7-5-3-1-2-4-6-8-10-12(14)15;1-2-3(4)5/h13H,1-11H2,(H,14,15);2H,1H2,(H,4,5). The predicted molar refractivity (Wildman–Crippen MR) is 78.7 cm³/mol. The summed E-state index contributed by atoms with van der Waals surface area (Å²) in [5, 5.41) is 24.6. The van der Waals surface area contributed by atoms with Gasteiger partial charge < -0.3 is 15.3 Å². The van der Waals surface area contributed by atoms with Gasteiger partial charge in [0.2, 0.25) is 0 Å². The first-order valence-corrected chi connectivity index (χ1v) is 7.22. The molecule has 0 aliphatic heterocycles. The van der Waals surface area contributed by atoms with Crippen molar-refractivity contribution in [2.75, 3.05) is 6.61 Å². The second kappa shape index (κ2) is 17.6. The maximum absolute atomic E-state index is 10.2. The fourth-order valence-corrected chi connectivity index (χ4v) is 1.63. The maximum atomic E-state index is 10.2. The Morgan fingerprint density at radius 3 is 1.45 bits per heavy atom. The van der Waals surface area contributed by atoms with Crippen molar-refractivity contribution in [2.24, 2.45) is 0 Å². The molecule has 0 radical (unpaired) electrons. The molecule has 0 amide bonds. The molecule has 0 fully saturated rings. The minimum atomic E-state index is -0.981. The number of aliphatic hydroxyl groups is 1. The molecule has 0 saturated heterocycles. The van der Waals surface area contributed by atoms with Crippen LogP contribution in [0.15, 0.2) is 12.7 Å². The molecule has 5 heteroatoms. The van der Waals surface area contributed by atoms with Crippen molar-refractivity contribution < 1.29 is 24.9 Å². The van der Waals surface area contributed by atoms with Crippen molar-refractivity contribution in [3.05, 3.63) is 12.7 Å². The number of hydrogen-bond acceptors (Lipinski definition) is 3. The van der Waals surface area contributed by atoms with Gasteiger partial charge in [0.25, 0.3) is 0 Å². The van der Waals surface area contributed by atoms with Crippen LogP contribution in [0.2, 0.25) is 0 Å². The van der Waals surface area contributed by atoms with Gasteiger partial charge in [-0.1, -0.05) is 51.5 Å². The maximum Gasteiger partial charge on any atom is 0.327 e. The fourth-order valence-electron chi connectivity index (χ4n) is 1.63. The van der Waals surface area contributed by atoms with Crippen molar-refractivity contribution in [3.8, 4) is 0 Å². The smallest absolute Gasteiger partial charge is 0.327 e. The number of carboxylic acid groups (broad SMARTS) is 2. The summed E-state index contributed by atoms with van der Waals surface area (Å²) in [7, 11) is 0. The van der Waals surface area contributed by atoms with E-state index in [1.54, 1.807) is 0 Å². The molecule has 0 aliphatic carbocycles. The Morgan fingerprint density at radius 1 is 0.800 bits per heavy atom. The molecule has 0 aromatic carbocycles. The molecular weight excluding hydrogens is 260 g/mol. The second-order valence-corrected chi connectivity index (χ2v) is 4.59. The zero-order valence-corrected chi connectivity index (χ0v) is 12.2. The number of carbonyl (C=O) groups is 2. The second-order valence-electron chi connectivity index (χ2n) is 4.59. The molecule has 0 saturated carbocycles. The van der Waals surface area contributed by atoms with Gasteiger partial charge in [-0.05, 0) is 12.8 Å². The summed E-state index contributed by atoms with van der Waals surface area (Å²) >= 11 is 0. The Bertz CT molecular complexity index is 251. The van der Waals surface area contributed by atoms with Crippen molar-refractivity contribution in [1.29, 1.82) is 0 Å². The average molecular weight is 288 g/mol. The third-order valence-electron chi connectivity index (χ3n) is 2.72. The topological polar surface area (TPSA) is 94.8 Å². The summed E-state index contributed by atoms with van der Waals surface area (Å²) in [5.41, 5.74) is 0. The van der Waals surface area contributed by atoms with E-state index in [0.29, 0.717) is 13.0 Å². The number of hydrogen-bond donors (Lipinski definition) is 3. The van der Waals surface area contributed by atoms with Crippen LogP contribution in [-0.4, -0.2) is 33.9 Å². The molecule has 0 rings (SSSR count). The first-order valence-electron chi connectivity index (χ1n) is 7.22. The van der Waals surface area contributed by atoms with Crippen LogP contribution >= 0.6 is 0 Å². The van der Waals surface area contributed by atoms with E-state index >= 15 is 0 Å². The van der Waals surface area contributed by atoms with Gasteiger partial charge in [-0.2, -0.15) is 0 Å². The van der Waals surface area contributed by atoms with E-state index in [0.717, 1.165) is 38.2 Å². The molecular formula is C15H28O5. The number of rotatable bonds is 12. The largest absolute Gasteiger partial charge is 0.481 e. The molecule has 0 aromatic rings. The Balaban J connectivity index is 0. The monoisotopic (exact) mass is 288 g/mol. The number of carboxylic acids is 2. The first-order chi connectivity index (χ1) is 9.54. The molecule has 0 aromatic heterocycles. The fraction of sp³-hybridized carbons (Fsp3) is 0.733. The van der Waals surface area contributed by atoms with Crippen LogP contribution in [0.25, 0.3) is 0 Å². The lowest BCUT2D eigenvalue weighted by Crippen LogP contribution is -1.93. The van der Waals surface area contributed by atoms with Gasteiger partial charge in [-0.15, -0.1) is 0 Å². The van der Waals surface area contributed by atoms with Crippen molar-refractivity contribution in [1.82, 2.24) is 0 Å². The SMILES string of the molecule is C=CC(=O)O.O=C(O)CCCCCCCCCCCO. The minimum absolute atomic E-state index is 0.315. The normalized spacial score (nSPS) is 9.45. The minimum Gasteiger partial charge on any atom is -0.481 e. The molecule has 3 N–H and O–H groups in total. The van der Waals surface area contributed by atoms with E-state index < -0.39 is 11.9 Å². The average Bonchev–Trinajstić information content (AvgIpc) is 2.41. The molecule has 0 spiro atoms. The predicted octanol–water partition coefficient (Wildman–Crippen LogP) is 3.22. The summed E-state index contributed by atoms with van der Waals surface area (Å²) in [4.78, 5) is 19.5. The molecule has 0 aliphatic rings. The lowest BCUT2D eigenvalue weighted by Gasteiger charge is -2.00. The molecule has 0 bridgehead atoms. The lowest BCUT2D eigenvalue weighted by molar-refractivity contribution is -0.137. The van der Waals surface area contributed by atoms with Crippen LogP contribution in [-0.2, 0) is 9.59 Å². The quantitative estimate of drug-likeness (QED) is 0.378. The Labute approximate surface area is 121 Å². The highest BCUT2D eigenvalue weighted by Gasteiger charge is 1.96. The summed E-state index contributed by atoms with van der Waals surface area (Å²) < 4.78 is 0. The highest BCUT2D eigenvalue weighted by molar-refractivity contribution is 5.78. The van der Waals surface area contributed by atoms with Gasteiger partial charge in [-0.25, -0.2) is 4.79 Å². The molecule has 5 nitrogen and oxygen atoms in total. The molecule has 0 unspecified atom stereocenters. The van der Waals surface area contributed by atoms with E-state index in [4.69, 9.17) is 15.3 Å². The highest BCUT2D eigenvalue weighted by Crippen LogP contribution is 2.10. The summed E-state index contributed by atoms with van der Waals surface area (Å²) in [6.45, 7) is 3.28. The van der Waals surface area contributed by atoms with Gasteiger partial charge in [0.15, 0.2) is 0 Å². The van der Waals surface area contributed by atoms with Gasteiger partial charge in [0, 0.05) is 19.1 Å². The summed E-state index contributed by atoms with van der Waals surface area (Å²) in [5.74, 6) is -1.66. The van der Waals surface area contributed by atoms with Crippen LogP contribution in [0, 0.1) is 0 Å². The number of aliphatic carboxylic acids is 2. The van der Waals surface area contributed by atoms with Crippen LogP contribution in [0.3, 0.4) is 0 Å². The van der Waals surface area contributed by atoms with E-state index in [1.165, 1.54) is 25.7 Å². The molecule has 0 heterocycles. The first kappa shape index (κ1) is 20.9.